The molecule has 3 amide bonds. The molecule has 0 aliphatic carbocycles. The molecule has 0 radical (unpaired) electrons. The summed E-state index contributed by atoms with van der Waals surface area (Å²) in [5.41, 5.74) is 4.88. The lowest BCUT2D eigenvalue weighted by atomic mass is 10.1. The zero-order valence-corrected chi connectivity index (χ0v) is 11.5. The van der Waals surface area contributed by atoms with E-state index in [0.717, 1.165) is 0 Å². The lowest BCUT2D eigenvalue weighted by molar-refractivity contribution is -0.140. The third-order valence-electron chi connectivity index (χ3n) is 2.90. The second-order valence-corrected chi connectivity index (χ2v) is 6.91. The van der Waals surface area contributed by atoms with Gasteiger partial charge in [0.2, 0.25) is 5.91 Å². The van der Waals surface area contributed by atoms with Crippen molar-refractivity contribution in [2.24, 2.45) is 5.73 Å². The van der Waals surface area contributed by atoms with Gasteiger partial charge in [-0.3, -0.25) is 4.79 Å². The first kappa shape index (κ1) is 16.2. The zero-order chi connectivity index (χ0) is 15.3. The summed E-state index contributed by atoms with van der Waals surface area (Å²) in [6.07, 6.45) is 0.0500. The standard InChI is InChI=1S/C10H17N3O6S/c11-8(14)5-7(9(15)16)13-10(17)12-6-1-3-20(18,19)4-2-6/h6-7H,1-5H2,(H2,11,14)(H,15,16)(H2,12,13,17)/t7-/m1/s1. The summed E-state index contributed by atoms with van der Waals surface area (Å²) >= 11 is 0. The van der Waals surface area contributed by atoms with E-state index in [1.165, 1.54) is 0 Å². The van der Waals surface area contributed by atoms with Crippen molar-refractivity contribution >= 4 is 27.7 Å². The van der Waals surface area contributed by atoms with Crippen LogP contribution in [0.3, 0.4) is 0 Å². The Labute approximate surface area is 115 Å². The van der Waals surface area contributed by atoms with E-state index in [1.807, 2.05) is 0 Å². The Bertz CT molecular complexity index is 489. The summed E-state index contributed by atoms with van der Waals surface area (Å²) in [7, 11) is -3.03. The third kappa shape index (κ3) is 5.43. The Morgan fingerprint density at radius 2 is 1.80 bits per heavy atom. The SMILES string of the molecule is NC(=O)C[C@@H](NC(=O)NC1CCS(=O)(=O)CC1)C(=O)O. The monoisotopic (exact) mass is 307 g/mol. The van der Waals surface area contributed by atoms with E-state index >= 15 is 0 Å². The predicted octanol–water partition coefficient (Wildman–Crippen LogP) is -1.81. The number of amides is 3. The molecule has 1 rings (SSSR count). The van der Waals surface area contributed by atoms with E-state index in [4.69, 9.17) is 10.8 Å². The number of carbonyl (C=O) groups excluding carboxylic acids is 2. The minimum atomic E-state index is -3.03. The maximum absolute atomic E-state index is 11.6. The first-order valence-electron chi connectivity index (χ1n) is 5.98. The molecule has 9 nitrogen and oxygen atoms in total. The molecule has 1 aliphatic rings. The Morgan fingerprint density at radius 3 is 2.25 bits per heavy atom. The van der Waals surface area contributed by atoms with Crippen molar-refractivity contribution in [1.82, 2.24) is 10.6 Å². The molecule has 0 bridgehead atoms. The molecule has 0 aromatic rings. The number of rotatable bonds is 5. The van der Waals surface area contributed by atoms with E-state index in [9.17, 15) is 22.8 Å². The number of urea groups is 1. The molecule has 0 spiro atoms. The van der Waals surface area contributed by atoms with Crippen LogP contribution in [0.5, 0.6) is 0 Å². The fourth-order valence-electron chi connectivity index (χ4n) is 1.82. The van der Waals surface area contributed by atoms with Gasteiger partial charge in [-0.1, -0.05) is 0 Å². The summed E-state index contributed by atoms with van der Waals surface area (Å²) in [4.78, 5) is 33.1. The Kier molecular flexibility index (Phi) is 5.31. The molecule has 1 saturated heterocycles. The highest BCUT2D eigenvalue weighted by Crippen LogP contribution is 2.11. The molecule has 5 N–H and O–H groups in total. The second kappa shape index (κ2) is 6.55. The average molecular weight is 307 g/mol. The molecule has 20 heavy (non-hydrogen) atoms. The largest absolute Gasteiger partial charge is 0.480 e. The molecule has 1 heterocycles. The molecule has 0 aromatic heterocycles. The molecular formula is C10H17N3O6S. The fraction of sp³-hybridized carbons (Fsp3) is 0.700. The fourth-order valence-corrected chi connectivity index (χ4v) is 3.31. The van der Waals surface area contributed by atoms with Gasteiger partial charge in [-0.15, -0.1) is 0 Å². The van der Waals surface area contributed by atoms with Gasteiger partial charge in [-0.25, -0.2) is 18.0 Å². The lowest BCUT2D eigenvalue weighted by Gasteiger charge is -2.24. The molecule has 0 aromatic carbocycles. The van der Waals surface area contributed by atoms with Crippen molar-refractivity contribution in [2.45, 2.75) is 31.3 Å². The molecule has 1 atom stereocenters. The number of hydrogen-bond donors (Lipinski definition) is 4. The number of nitrogens with one attached hydrogen (secondary N) is 2. The van der Waals surface area contributed by atoms with Gasteiger partial charge in [0.15, 0.2) is 0 Å². The van der Waals surface area contributed by atoms with Crippen LogP contribution in [0.15, 0.2) is 0 Å². The van der Waals surface area contributed by atoms with Gasteiger partial charge >= 0.3 is 12.0 Å². The molecule has 0 saturated carbocycles. The smallest absolute Gasteiger partial charge is 0.326 e. The van der Waals surface area contributed by atoms with Crippen LogP contribution in [0.1, 0.15) is 19.3 Å². The molecule has 1 aliphatic heterocycles. The lowest BCUT2D eigenvalue weighted by Crippen LogP contribution is -2.51. The van der Waals surface area contributed by atoms with E-state index in [0.29, 0.717) is 0 Å². The van der Waals surface area contributed by atoms with Crippen molar-refractivity contribution in [2.75, 3.05) is 11.5 Å². The molecule has 10 heteroatoms. The van der Waals surface area contributed by atoms with Gasteiger partial charge in [0.05, 0.1) is 17.9 Å². The molecular weight excluding hydrogens is 290 g/mol. The van der Waals surface area contributed by atoms with Crippen LogP contribution >= 0.6 is 0 Å². The van der Waals surface area contributed by atoms with Crippen LogP contribution in [0.2, 0.25) is 0 Å². The summed E-state index contributed by atoms with van der Waals surface area (Å²) < 4.78 is 22.4. The molecule has 1 fully saturated rings. The highest BCUT2D eigenvalue weighted by molar-refractivity contribution is 7.91. The van der Waals surface area contributed by atoms with Gasteiger partial charge in [0.1, 0.15) is 15.9 Å². The first-order chi connectivity index (χ1) is 9.19. The minimum absolute atomic E-state index is 0.0123. The van der Waals surface area contributed by atoms with Crippen molar-refractivity contribution in [3.8, 4) is 0 Å². The van der Waals surface area contributed by atoms with Crippen LogP contribution in [0, 0.1) is 0 Å². The number of carboxylic acid groups (broad SMARTS) is 1. The van der Waals surface area contributed by atoms with E-state index in [1.54, 1.807) is 0 Å². The van der Waals surface area contributed by atoms with Crippen LogP contribution in [0.4, 0.5) is 4.79 Å². The number of hydrogen-bond acceptors (Lipinski definition) is 5. The summed E-state index contributed by atoms with van der Waals surface area (Å²) in [6, 6.07) is -2.50. The number of carbonyl (C=O) groups is 3. The quantitative estimate of drug-likeness (QED) is 0.469. The molecule has 0 unspecified atom stereocenters. The van der Waals surface area contributed by atoms with Crippen molar-refractivity contribution in [3.63, 3.8) is 0 Å². The third-order valence-corrected chi connectivity index (χ3v) is 4.61. The highest BCUT2D eigenvalue weighted by atomic mass is 32.2. The molecule has 114 valence electrons. The predicted molar refractivity (Wildman–Crippen MR) is 68.6 cm³/mol. The van der Waals surface area contributed by atoms with Gasteiger partial charge in [-0.2, -0.15) is 0 Å². The summed E-state index contributed by atoms with van der Waals surface area (Å²) in [5.74, 6) is -2.24. The Hall–Kier alpha value is -1.84. The second-order valence-electron chi connectivity index (χ2n) is 4.61. The number of carboxylic acids is 1. The Balaban J connectivity index is 2.46. The number of primary amides is 1. The number of aliphatic carboxylic acids is 1. The minimum Gasteiger partial charge on any atom is -0.480 e. The number of nitrogens with two attached hydrogens (primary N) is 1. The summed E-state index contributed by atoms with van der Waals surface area (Å²) in [6.45, 7) is 0. The van der Waals surface area contributed by atoms with Crippen molar-refractivity contribution < 1.29 is 27.9 Å². The topological polar surface area (TPSA) is 156 Å². The Morgan fingerprint density at radius 1 is 1.25 bits per heavy atom. The zero-order valence-electron chi connectivity index (χ0n) is 10.7. The van der Waals surface area contributed by atoms with Crippen LogP contribution in [0.25, 0.3) is 0 Å². The maximum Gasteiger partial charge on any atom is 0.326 e. The van der Waals surface area contributed by atoms with Gasteiger partial charge in [0, 0.05) is 6.04 Å². The average Bonchev–Trinajstić information content (AvgIpc) is 2.30. The van der Waals surface area contributed by atoms with Gasteiger partial charge < -0.3 is 21.5 Å². The first-order valence-corrected chi connectivity index (χ1v) is 7.80. The van der Waals surface area contributed by atoms with E-state index in [2.05, 4.69) is 10.6 Å². The van der Waals surface area contributed by atoms with Gasteiger partial charge in [0.25, 0.3) is 0 Å². The van der Waals surface area contributed by atoms with Crippen molar-refractivity contribution in [1.29, 1.82) is 0 Å². The van der Waals surface area contributed by atoms with Crippen LogP contribution in [-0.4, -0.2) is 55.0 Å². The van der Waals surface area contributed by atoms with Crippen molar-refractivity contribution in [3.05, 3.63) is 0 Å². The van der Waals surface area contributed by atoms with E-state index < -0.39 is 40.2 Å². The number of sulfone groups is 1. The highest BCUT2D eigenvalue weighted by Gasteiger charge is 2.27. The summed E-state index contributed by atoms with van der Waals surface area (Å²) in [5, 5.41) is 13.4. The van der Waals surface area contributed by atoms with Gasteiger partial charge in [-0.05, 0) is 12.8 Å². The van der Waals surface area contributed by atoms with Crippen LogP contribution < -0.4 is 16.4 Å². The van der Waals surface area contributed by atoms with Crippen LogP contribution in [-0.2, 0) is 19.4 Å². The van der Waals surface area contributed by atoms with E-state index in [-0.39, 0.29) is 30.4 Å². The normalized spacial score (nSPS) is 19.8. The maximum atomic E-state index is 11.6.